The summed E-state index contributed by atoms with van der Waals surface area (Å²) in [7, 11) is 0. The molecule has 0 saturated carbocycles. The summed E-state index contributed by atoms with van der Waals surface area (Å²) in [6.07, 6.45) is 0. The Labute approximate surface area is 123 Å². The largest absolute Gasteiger partial charge is 0.453 e. The van der Waals surface area contributed by atoms with Gasteiger partial charge in [-0.2, -0.15) is 0 Å². The van der Waals surface area contributed by atoms with Gasteiger partial charge >= 0.3 is 0 Å². The van der Waals surface area contributed by atoms with E-state index in [0.29, 0.717) is 5.88 Å². The molecule has 0 fully saturated rings. The number of nitrogens with zero attached hydrogens (tertiary/aromatic N) is 1. The fourth-order valence-corrected chi connectivity index (χ4v) is 1.92. The van der Waals surface area contributed by atoms with Crippen molar-refractivity contribution < 1.29 is 14.1 Å². The molecule has 20 heavy (non-hydrogen) atoms. The van der Waals surface area contributed by atoms with E-state index >= 15 is 0 Å². The molecule has 0 N–H and O–H groups in total. The van der Waals surface area contributed by atoms with Crippen LogP contribution in [0.5, 0.6) is 11.5 Å². The van der Waals surface area contributed by atoms with Crippen molar-refractivity contribution in [2.24, 2.45) is 0 Å². The second-order valence-corrected chi connectivity index (χ2v) is 4.55. The first-order valence-corrected chi connectivity index (χ1v) is 6.38. The average molecular weight is 316 g/mol. The van der Waals surface area contributed by atoms with Crippen molar-refractivity contribution in [3.63, 3.8) is 0 Å². The number of hydrogen-bond donors (Lipinski definition) is 0. The molecule has 0 amide bonds. The van der Waals surface area contributed by atoms with Crippen LogP contribution in [0.1, 0.15) is 5.56 Å². The summed E-state index contributed by atoms with van der Waals surface area (Å²) < 4.78 is 19.0. The van der Waals surface area contributed by atoms with Crippen LogP contribution in [0.4, 0.5) is 10.1 Å². The van der Waals surface area contributed by atoms with Gasteiger partial charge in [-0.25, -0.2) is 4.39 Å². The highest BCUT2D eigenvalue weighted by atomic mass is 35.5. The van der Waals surface area contributed by atoms with E-state index in [9.17, 15) is 14.5 Å². The Morgan fingerprint density at radius 1 is 1.20 bits per heavy atom. The maximum atomic E-state index is 13.7. The van der Waals surface area contributed by atoms with Crippen LogP contribution in [0.2, 0.25) is 5.02 Å². The van der Waals surface area contributed by atoms with Gasteiger partial charge in [-0.05, 0) is 23.8 Å². The molecular weight excluding hydrogens is 308 g/mol. The van der Waals surface area contributed by atoms with Gasteiger partial charge < -0.3 is 4.74 Å². The van der Waals surface area contributed by atoms with Crippen LogP contribution in [-0.4, -0.2) is 4.92 Å². The number of benzene rings is 2. The lowest BCUT2D eigenvalue weighted by atomic mass is 10.2. The lowest BCUT2D eigenvalue weighted by Crippen LogP contribution is -1.93. The first kappa shape index (κ1) is 14.6. The predicted octanol–water partition coefficient (Wildman–Crippen LogP) is 4.92. The maximum absolute atomic E-state index is 13.7. The van der Waals surface area contributed by atoms with Gasteiger partial charge in [0.15, 0.2) is 11.6 Å². The van der Waals surface area contributed by atoms with Crippen molar-refractivity contribution in [3.8, 4) is 11.5 Å². The third-order valence-electron chi connectivity index (χ3n) is 2.50. The Morgan fingerprint density at radius 3 is 2.45 bits per heavy atom. The Kier molecular flexibility index (Phi) is 4.42. The summed E-state index contributed by atoms with van der Waals surface area (Å²) in [5.41, 5.74) is 0.451. The van der Waals surface area contributed by atoms with Crippen LogP contribution in [0, 0.1) is 15.9 Å². The van der Waals surface area contributed by atoms with E-state index in [0.717, 1.165) is 17.7 Å². The summed E-state index contributed by atoms with van der Waals surface area (Å²) >= 11 is 11.6. The van der Waals surface area contributed by atoms with Crippen molar-refractivity contribution in [1.82, 2.24) is 0 Å². The first-order valence-electron chi connectivity index (χ1n) is 5.47. The molecule has 0 aliphatic heterocycles. The Hall–Kier alpha value is -1.85. The molecule has 0 bridgehead atoms. The van der Waals surface area contributed by atoms with Gasteiger partial charge in [-0.3, -0.25) is 10.1 Å². The number of rotatable bonds is 4. The summed E-state index contributed by atoms with van der Waals surface area (Å²) in [5.74, 6) is -0.438. The van der Waals surface area contributed by atoms with E-state index in [4.69, 9.17) is 27.9 Å². The van der Waals surface area contributed by atoms with E-state index in [2.05, 4.69) is 0 Å². The third kappa shape index (κ3) is 3.18. The van der Waals surface area contributed by atoms with E-state index in [1.165, 1.54) is 6.07 Å². The van der Waals surface area contributed by atoms with E-state index in [1.807, 2.05) is 0 Å². The second kappa shape index (κ2) is 6.07. The molecule has 4 nitrogen and oxygen atoms in total. The SMILES string of the molecule is O=[N+]([O-])c1ccc(Oc2ccc(CCl)cc2Cl)c(F)c1. The smallest absolute Gasteiger partial charge is 0.272 e. The third-order valence-corrected chi connectivity index (χ3v) is 3.10. The average Bonchev–Trinajstić information content (AvgIpc) is 2.42. The van der Waals surface area contributed by atoms with Gasteiger partial charge in [0.05, 0.1) is 16.0 Å². The molecule has 7 heteroatoms. The van der Waals surface area contributed by atoms with Crippen LogP contribution in [0.15, 0.2) is 36.4 Å². The highest BCUT2D eigenvalue weighted by Gasteiger charge is 2.13. The number of ether oxygens (including phenoxy) is 1. The van der Waals surface area contributed by atoms with Crippen LogP contribution < -0.4 is 4.74 Å². The summed E-state index contributed by atoms with van der Waals surface area (Å²) in [5, 5.41) is 10.8. The normalized spacial score (nSPS) is 10.3. The van der Waals surface area contributed by atoms with E-state index in [-0.39, 0.29) is 22.2 Å². The quantitative estimate of drug-likeness (QED) is 0.457. The minimum absolute atomic E-state index is 0.142. The predicted molar refractivity (Wildman–Crippen MR) is 74.1 cm³/mol. The van der Waals surface area contributed by atoms with Crippen LogP contribution >= 0.6 is 23.2 Å². The fourth-order valence-electron chi connectivity index (χ4n) is 1.51. The van der Waals surface area contributed by atoms with E-state index < -0.39 is 10.7 Å². The molecule has 0 atom stereocenters. The molecule has 0 unspecified atom stereocenters. The summed E-state index contributed by atoms with van der Waals surface area (Å²) in [6.45, 7) is 0. The maximum Gasteiger partial charge on any atom is 0.272 e. The minimum atomic E-state index is -0.836. The van der Waals surface area contributed by atoms with Gasteiger partial charge in [0, 0.05) is 11.9 Å². The highest BCUT2D eigenvalue weighted by Crippen LogP contribution is 2.32. The Balaban J connectivity index is 2.28. The number of nitro benzene ring substituents is 1. The molecule has 0 spiro atoms. The molecule has 0 saturated heterocycles. The molecule has 2 aromatic rings. The van der Waals surface area contributed by atoms with Gasteiger partial charge in [0.2, 0.25) is 0 Å². The zero-order valence-corrected chi connectivity index (χ0v) is 11.5. The van der Waals surface area contributed by atoms with Crippen molar-refractivity contribution in [3.05, 3.63) is 62.9 Å². The zero-order valence-electron chi connectivity index (χ0n) is 9.98. The molecule has 0 aliphatic carbocycles. The monoisotopic (exact) mass is 315 g/mol. The number of alkyl halides is 1. The Morgan fingerprint density at radius 2 is 1.90 bits per heavy atom. The standard InChI is InChI=1S/C13H8Cl2FNO3/c14-7-8-1-3-12(10(15)5-8)20-13-4-2-9(17(18)19)6-11(13)16/h1-6H,7H2. The molecule has 2 aromatic carbocycles. The zero-order chi connectivity index (χ0) is 14.7. The van der Waals surface area contributed by atoms with Gasteiger partial charge in [-0.1, -0.05) is 17.7 Å². The summed E-state index contributed by atoms with van der Waals surface area (Å²) in [6, 6.07) is 7.97. The van der Waals surface area contributed by atoms with Crippen molar-refractivity contribution >= 4 is 28.9 Å². The molecule has 104 valence electrons. The molecule has 0 aliphatic rings. The number of halogens is 3. The van der Waals surface area contributed by atoms with Crippen molar-refractivity contribution in [2.45, 2.75) is 5.88 Å². The molecular formula is C13H8Cl2FNO3. The lowest BCUT2D eigenvalue weighted by molar-refractivity contribution is -0.385. The van der Waals surface area contributed by atoms with Gasteiger partial charge in [0.1, 0.15) is 5.75 Å². The second-order valence-electron chi connectivity index (χ2n) is 3.87. The molecule has 0 aromatic heterocycles. The molecule has 0 radical (unpaired) electrons. The van der Waals surface area contributed by atoms with Gasteiger partial charge in [-0.15, -0.1) is 11.6 Å². The van der Waals surface area contributed by atoms with Crippen LogP contribution in [-0.2, 0) is 5.88 Å². The van der Waals surface area contributed by atoms with Crippen LogP contribution in [0.25, 0.3) is 0 Å². The number of nitro groups is 1. The number of non-ortho nitro benzene ring substituents is 1. The minimum Gasteiger partial charge on any atom is -0.453 e. The first-order chi connectivity index (χ1) is 9.51. The molecule has 2 rings (SSSR count). The number of hydrogen-bond acceptors (Lipinski definition) is 3. The fraction of sp³-hybridized carbons (Fsp3) is 0.0769. The summed E-state index contributed by atoms with van der Waals surface area (Å²) in [4.78, 5) is 9.83. The van der Waals surface area contributed by atoms with Crippen molar-refractivity contribution in [2.75, 3.05) is 0 Å². The van der Waals surface area contributed by atoms with Gasteiger partial charge in [0.25, 0.3) is 5.69 Å². The topological polar surface area (TPSA) is 52.4 Å². The van der Waals surface area contributed by atoms with Crippen LogP contribution in [0.3, 0.4) is 0 Å². The van der Waals surface area contributed by atoms with Crippen molar-refractivity contribution in [1.29, 1.82) is 0 Å². The van der Waals surface area contributed by atoms with E-state index in [1.54, 1.807) is 18.2 Å². The highest BCUT2D eigenvalue weighted by molar-refractivity contribution is 6.32. The Bertz CT molecular complexity index is 664. The molecule has 0 heterocycles. The lowest BCUT2D eigenvalue weighted by Gasteiger charge is -2.09.